The van der Waals surface area contributed by atoms with Gasteiger partial charge in [-0.15, -0.1) is 0 Å². The Kier molecular flexibility index (Phi) is 5.18. The van der Waals surface area contributed by atoms with Crippen molar-refractivity contribution in [2.45, 2.75) is 33.1 Å². The predicted molar refractivity (Wildman–Crippen MR) is 81.0 cm³/mol. The van der Waals surface area contributed by atoms with E-state index >= 15 is 0 Å². The number of rotatable bonds is 4. The summed E-state index contributed by atoms with van der Waals surface area (Å²) >= 11 is 0. The fourth-order valence-corrected chi connectivity index (χ4v) is 2.61. The Morgan fingerprint density at radius 1 is 1.25 bits per heavy atom. The third-order valence-corrected chi connectivity index (χ3v) is 4.31. The number of carbonyl (C=O) groups excluding carboxylic acids is 1. The number of ether oxygens (including phenoxy) is 1. The Morgan fingerprint density at radius 3 is 2.60 bits per heavy atom. The molecule has 1 aliphatic heterocycles. The van der Waals surface area contributed by atoms with Crippen molar-refractivity contribution >= 4 is 5.91 Å². The molecule has 0 atom stereocenters. The molecule has 0 bridgehead atoms. The van der Waals surface area contributed by atoms with Crippen LogP contribution in [-0.4, -0.2) is 37.6 Å². The highest BCUT2D eigenvalue weighted by Crippen LogP contribution is 2.19. The van der Waals surface area contributed by atoms with Gasteiger partial charge in [-0.25, -0.2) is 0 Å². The average Bonchev–Trinajstić information content (AvgIpc) is 2.48. The quantitative estimate of drug-likeness (QED) is 0.844. The maximum Gasteiger partial charge on any atom is 0.253 e. The Morgan fingerprint density at radius 2 is 1.95 bits per heavy atom. The minimum Gasteiger partial charge on any atom is -0.381 e. The third kappa shape index (κ3) is 3.83. The number of aryl methyl sites for hydroxylation is 2. The van der Waals surface area contributed by atoms with Crippen molar-refractivity contribution in [3.05, 3.63) is 34.9 Å². The number of carbonyl (C=O) groups is 1. The van der Waals surface area contributed by atoms with Crippen LogP contribution in [0, 0.1) is 19.8 Å². The predicted octanol–water partition coefficient (Wildman–Crippen LogP) is 3.19. The molecule has 1 aromatic rings. The van der Waals surface area contributed by atoms with E-state index in [-0.39, 0.29) is 5.91 Å². The van der Waals surface area contributed by atoms with Gasteiger partial charge in [0.05, 0.1) is 0 Å². The molecule has 0 aromatic heterocycles. The molecule has 0 spiro atoms. The van der Waals surface area contributed by atoms with Gasteiger partial charge in [-0.2, -0.15) is 0 Å². The zero-order chi connectivity index (χ0) is 14.5. The fraction of sp³-hybridized carbons (Fsp3) is 0.588. The minimum atomic E-state index is 0.125. The summed E-state index contributed by atoms with van der Waals surface area (Å²) in [4.78, 5) is 14.2. The topological polar surface area (TPSA) is 29.5 Å². The van der Waals surface area contributed by atoms with E-state index in [4.69, 9.17) is 4.74 Å². The van der Waals surface area contributed by atoms with Crippen molar-refractivity contribution in [1.82, 2.24) is 4.90 Å². The van der Waals surface area contributed by atoms with E-state index in [2.05, 4.69) is 6.92 Å². The summed E-state index contributed by atoms with van der Waals surface area (Å²) in [6, 6.07) is 5.94. The van der Waals surface area contributed by atoms with E-state index in [1.165, 1.54) is 11.1 Å². The van der Waals surface area contributed by atoms with Gasteiger partial charge >= 0.3 is 0 Å². The van der Waals surface area contributed by atoms with Crippen molar-refractivity contribution in [3.8, 4) is 0 Å². The first-order valence-electron chi connectivity index (χ1n) is 7.48. The highest BCUT2D eigenvalue weighted by molar-refractivity contribution is 5.94. The first kappa shape index (κ1) is 15.0. The van der Waals surface area contributed by atoms with Crippen LogP contribution in [0.2, 0.25) is 0 Å². The lowest BCUT2D eigenvalue weighted by molar-refractivity contribution is 0.0583. The van der Waals surface area contributed by atoms with Crippen LogP contribution in [-0.2, 0) is 4.74 Å². The van der Waals surface area contributed by atoms with Gasteiger partial charge in [0, 0.05) is 32.4 Å². The summed E-state index contributed by atoms with van der Waals surface area (Å²) in [5.41, 5.74) is 3.20. The molecule has 1 heterocycles. The Balaban J connectivity index is 1.89. The average molecular weight is 275 g/mol. The molecule has 0 unspecified atom stereocenters. The minimum absolute atomic E-state index is 0.125. The molecule has 3 nitrogen and oxygen atoms in total. The molecule has 0 saturated carbocycles. The van der Waals surface area contributed by atoms with Gasteiger partial charge in [0.15, 0.2) is 0 Å². The van der Waals surface area contributed by atoms with Crippen LogP contribution in [0.25, 0.3) is 0 Å². The SMILES string of the molecule is Cc1ccc(C(=O)N(C)CCC2CCOCC2)cc1C. The molecule has 0 aliphatic carbocycles. The second-order valence-corrected chi connectivity index (χ2v) is 5.87. The van der Waals surface area contributed by atoms with Gasteiger partial charge in [-0.1, -0.05) is 6.07 Å². The molecule has 2 rings (SSSR count). The standard InChI is InChI=1S/C17H25NO2/c1-13-4-5-16(12-14(13)2)17(19)18(3)9-6-15-7-10-20-11-8-15/h4-5,12,15H,6-11H2,1-3H3. The van der Waals surface area contributed by atoms with Crippen LogP contribution in [0.3, 0.4) is 0 Å². The summed E-state index contributed by atoms with van der Waals surface area (Å²) in [5, 5.41) is 0. The molecular weight excluding hydrogens is 250 g/mol. The molecule has 1 saturated heterocycles. The number of amides is 1. The van der Waals surface area contributed by atoms with Crippen molar-refractivity contribution < 1.29 is 9.53 Å². The highest BCUT2D eigenvalue weighted by Gasteiger charge is 2.17. The summed E-state index contributed by atoms with van der Waals surface area (Å²) in [7, 11) is 1.90. The maximum atomic E-state index is 12.4. The lowest BCUT2D eigenvalue weighted by Gasteiger charge is -2.25. The Labute approximate surface area is 121 Å². The van der Waals surface area contributed by atoms with Gasteiger partial charge in [0.2, 0.25) is 0 Å². The molecule has 0 N–H and O–H groups in total. The van der Waals surface area contributed by atoms with Crippen LogP contribution in [0.4, 0.5) is 0 Å². The van der Waals surface area contributed by atoms with Crippen LogP contribution in [0.15, 0.2) is 18.2 Å². The summed E-state index contributed by atoms with van der Waals surface area (Å²) in [5.74, 6) is 0.832. The second-order valence-electron chi connectivity index (χ2n) is 5.87. The normalized spacial score (nSPS) is 16.1. The van der Waals surface area contributed by atoms with Gasteiger partial charge < -0.3 is 9.64 Å². The van der Waals surface area contributed by atoms with Crippen LogP contribution >= 0.6 is 0 Å². The van der Waals surface area contributed by atoms with Crippen molar-refractivity contribution in [2.24, 2.45) is 5.92 Å². The van der Waals surface area contributed by atoms with Crippen LogP contribution < -0.4 is 0 Å². The first-order valence-corrected chi connectivity index (χ1v) is 7.48. The third-order valence-electron chi connectivity index (χ3n) is 4.31. The molecule has 1 aliphatic rings. The molecule has 110 valence electrons. The van der Waals surface area contributed by atoms with Gasteiger partial charge in [-0.05, 0) is 62.3 Å². The van der Waals surface area contributed by atoms with E-state index in [9.17, 15) is 4.79 Å². The Hall–Kier alpha value is -1.35. The molecule has 0 radical (unpaired) electrons. The van der Waals surface area contributed by atoms with Gasteiger partial charge in [0.25, 0.3) is 5.91 Å². The summed E-state index contributed by atoms with van der Waals surface area (Å²) < 4.78 is 5.37. The molecule has 1 fully saturated rings. The smallest absolute Gasteiger partial charge is 0.253 e. The molecular formula is C17H25NO2. The highest BCUT2D eigenvalue weighted by atomic mass is 16.5. The molecule has 1 amide bonds. The van der Waals surface area contributed by atoms with E-state index in [1.54, 1.807) is 0 Å². The molecule has 1 aromatic carbocycles. The van der Waals surface area contributed by atoms with E-state index < -0.39 is 0 Å². The lowest BCUT2D eigenvalue weighted by atomic mass is 9.96. The molecule has 20 heavy (non-hydrogen) atoms. The zero-order valence-corrected chi connectivity index (χ0v) is 12.8. The number of hydrogen-bond acceptors (Lipinski definition) is 2. The fourth-order valence-electron chi connectivity index (χ4n) is 2.61. The van der Waals surface area contributed by atoms with Gasteiger partial charge in [-0.3, -0.25) is 4.79 Å². The van der Waals surface area contributed by atoms with Crippen molar-refractivity contribution in [1.29, 1.82) is 0 Å². The molecule has 3 heteroatoms. The largest absolute Gasteiger partial charge is 0.381 e. The summed E-state index contributed by atoms with van der Waals surface area (Å²) in [6.45, 7) is 6.70. The second kappa shape index (κ2) is 6.89. The van der Waals surface area contributed by atoms with Gasteiger partial charge in [0.1, 0.15) is 0 Å². The zero-order valence-electron chi connectivity index (χ0n) is 12.8. The first-order chi connectivity index (χ1) is 9.58. The van der Waals surface area contributed by atoms with E-state index in [0.29, 0.717) is 5.92 Å². The van der Waals surface area contributed by atoms with Crippen molar-refractivity contribution in [3.63, 3.8) is 0 Å². The van der Waals surface area contributed by atoms with Crippen molar-refractivity contribution in [2.75, 3.05) is 26.8 Å². The lowest BCUT2D eigenvalue weighted by Crippen LogP contribution is -2.30. The van der Waals surface area contributed by atoms with E-state index in [1.807, 2.05) is 37.1 Å². The Bertz CT molecular complexity index is 464. The summed E-state index contributed by atoms with van der Waals surface area (Å²) in [6.07, 6.45) is 3.34. The number of hydrogen-bond donors (Lipinski definition) is 0. The van der Waals surface area contributed by atoms with Crippen LogP contribution in [0.5, 0.6) is 0 Å². The number of benzene rings is 1. The maximum absolute atomic E-state index is 12.4. The number of nitrogens with zero attached hydrogens (tertiary/aromatic N) is 1. The van der Waals surface area contributed by atoms with Crippen LogP contribution in [0.1, 0.15) is 40.7 Å². The monoisotopic (exact) mass is 275 g/mol. The van der Waals surface area contributed by atoms with E-state index in [0.717, 1.165) is 44.6 Å².